The number of hydrogen-bond donors (Lipinski definition) is 0. The molecule has 0 bridgehead atoms. The smallest absolute Gasteiger partial charge is 0.0271 e. The van der Waals surface area contributed by atoms with Gasteiger partial charge in [-0.2, -0.15) is 11.8 Å². The summed E-state index contributed by atoms with van der Waals surface area (Å²) < 4.78 is 0. The van der Waals surface area contributed by atoms with Crippen molar-refractivity contribution in [2.45, 2.75) is 44.0 Å². The maximum Gasteiger partial charge on any atom is 0.0271 e. The normalized spacial score (nSPS) is 24.4. The van der Waals surface area contributed by atoms with Gasteiger partial charge >= 0.3 is 0 Å². The number of hydrogen-bond acceptors (Lipinski definition) is 3. The Hall–Kier alpha value is -0.540. The second-order valence-electron chi connectivity index (χ2n) is 4.81. The standard InChI is InChI=1S/C14H22N2S/c1-3-17-14-5-4-13(10-14)16(2)11-12-6-8-15-9-7-12/h6-9,13-14H,3-5,10-11H2,1-2H3/t13-,14+/m1/s1. The lowest BCUT2D eigenvalue weighted by Gasteiger charge is -2.24. The molecule has 17 heavy (non-hydrogen) atoms. The molecule has 0 saturated heterocycles. The van der Waals surface area contributed by atoms with Gasteiger partial charge in [0, 0.05) is 30.2 Å². The largest absolute Gasteiger partial charge is 0.299 e. The van der Waals surface area contributed by atoms with Crippen LogP contribution in [-0.4, -0.2) is 34.0 Å². The van der Waals surface area contributed by atoms with Crippen molar-refractivity contribution < 1.29 is 0 Å². The summed E-state index contributed by atoms with van der Waals surface area (Å²) in [5.74, 6) is 1.26. The van der Waals surface area contributed by atoms with E-state index in [-0.39, 0.29) is 0 Å². The number of nitrogens with zero attached hydrogens (tertiary/aromatic N) is 2. The molecule has 1 aliphatic carbocycles. The van der Waals surface area contributed by atoms with Crippen LogP contribution in [0.15, 0.2) is 24.5 Å². The summed E-state index contributed by atoms with van der Waals surface area (Å²) in [4.78, 5) is 6.57. The maximum atomic E-state index is 4.06. The van der Waals surface area contributed by atoms with Crippen LogP contribution in [0.4, 0.5) is 0 Å². The van der Waals surface area contributed by atoms with E-state index in [0.717, 1.165) is 17.8 Å². The zero-order valence-corrected chi connectivity index (χ0v) is 11.6. The van der Waals surface area contributed by atoms with Crippen molar-refractivity contribution in [2.24, 2.45) is 0 Å². The van der Waals surface area contributed by atoms with Crippen LogP contribution >= 0.6 is 11.8 Å². The lowest BCUT2D eigenvalue weighted by atomic mass is 10.2. The van der Waals surface area contributed by atoms with Gasteiger partial charge in [-0.25, -0.2) is 0 Å². The van der Waals surface area contributed by atoms with E-state index in [4.69, 9.17) is 0 Å². The molecule has 0 unspecified atom stereocenters. The number of rotatable bonds is 5. The van der Waals surface area contributed by atoms with Gasteiger partial charge in [0.05, 0.1) is 0 Å². The van der Waals surface area contributed by atoms with Crippen LogP contribution in [0.3, 0.4) is 0 Å². The first-order valence-corrected chi connectivity index (χ1v) is 7.55. The predicted molar refractivity (Wildman–Crippen MR) is 75.3 cm³/mol. The second-order valence-corrected chi connectivity index (χ2v) is 6.39. The summed E-state index contributed by atoms with van der Waals surface area (Å²) in [7, 11) is 2.25. The lowest BCUT2D eigenvalue weighted by molar-refractivity contribution is 0.238. The van der Waals surface area contributed by atoms with Gasteiger partial charge in [-0.05, 0) is 49.8 Å². The molecule has 3 heteroatoms. The monoisotopic (exact) mass is 250 g/mol. The van der Waals surface area contributed by atoms with Crippen LogP contribution in [0.5, 0.6) is 0 Å². The van der Waals surface area contributed by atoms with Gasteiger partial charge in [0.1, 0.15) is 0 Å². The van der Waals surface area contributed by atoms with E-state index in [9.17, 15) is 0 Å². The summed E-state index contributed by atoms with van der Waals surface area (Å²) >= 11 is 2.13. The molecule has 1 aromatic rings. The predicted octanol–water partition coefficient (Wildman–Crippen LogP) is 3.19. The van der Waals surface area contributed by atoms with E-state index in [1.165, 1.54) is 30.6 Å². The van der Waals surface area contributed by atoms with Gasteiger partial charge in [0.2, 0.25) is 0 Å². The lowest BCUT2D eigenvalue weighted by Crippen LogP contribution is -2.29. The van der Waals surface area contributed by atoms with Crippen LogP contribution in [0.2, 0.25) is 0 Å². The van der Waals surface area contributed by atoms with Gasteiger partial charge < -0.3 is 0 Å². The molecule has 0 aliphatic heterocycles. The molecule has 0 spiro atoms. The van der Waals surface area contributed by atoms with Crippen LogP contribution < -0.4 is 0 Å². The Bertz CT molecular complexity index is 328. The first kappa shape index (κ1) is 12.9. The fraction of sp³-hybridized carbons (Fsp3) is 0.643. The van der Waals surface area contributed by atoms with Crippen molar-refractivity contribution >= 4 is 11.8 Å². The van der Waals surface area contributed by atoms with Gasteiger partial charge in [0.15, 0.2) is 0 Å². The molecule has 2 nitrogen and oxygen atoms in total. The highest BCUT2D eigenvalue weighted by atomic mass is 32.2. The third-order valence-corrected chi connectivity index (χ3v) is 4.80. The number of aromatic nitrogens is 1. The Labute approximate surface area is 109 Å². The molecule has 1 aromatic heterocycles. The Balaban J connectivity index is 1.83. The van der Waals surface area contributed by atoms with E-state index < -0.39 is 0 Å². The van der Waals surface area contributed by atoms with Crippen molar-refractivity contribution in [3.8, 4) is 0 Å². The van der Waals surface area contributed by atoms with Crippen molar-refractivity contribution in [1.29, 1.82) is 0 Å². The Morgan fingerprint density at radius 1 is 1.35 bits per heavy atom. The highest BCUT2D eigenvalue weighted by Gasteiger charge is 2.27. The van der Waals surface area contributed by atoms with Crippen molar-refractivity contribution in [1.82, 2.24) is 9.88 Å². The van der Waals surface area contributed by atoms with E-state index >= 15 is 0 Å². The third kappa shape index (κ3) is 3.71. The van der Waals surface area contributed by atoms with Crippen LogP contribution in [0, 0.1) is 0 Å². The molecule has 0 aromatic carbocycles. The van der Waals surface area contributed by atoms with E-state index in [1.54, 1.807) is 0 Å². The van der Waals surface area contributed by atoms with Crippen LogP contribution in [0.25, 0.3) is 0 Å². The van der Waals surface area contributed by atoms with Gasteiger partial charge in [-0.3, -0.25) is 9.88 Å². The molecule has 1 saturated carbocycles. The van der Waals surface area contributed by atoms with Crippen molar-refractivity contribution in [2.75, 3.05) is 12.8 Å². The average molecular weight is 250 g/mol. The summed E-state index contributed by atoms with van der Waals surface area (Å²) in [5, 5.41) is 0.893. The van der Waals surface area contributed by atoms with E-state index in [2.05, 4.69) is 47.7 Å². The molecular weight excluding hydrogens is 228 g/mol. The summed E-state index contributed by atoms with van der Waals surface area (Å²) in [6, 6.07) is 5.00. The molecule has 1 heterocycles. The van der Waals surface area contributed by atoms with Crippen molar-refractivity contribution in [3.63, 3.8) is 0 Å². The second kappa shape index (κ2) is 6.41. The SMILES string of the molecule is CCS[C@H]1CC[C@@H](N(C)Cc2ccncc2)C1. The number of thioether (sulfide) groups is 1. The molecule has 0 N–H and O–H groups in total. The molecule has 2 atom stereocenters. The summed E-state index contributed by atoms with van der Waals surface area (Å²) in [6.07, 6.45) is 7.88. The highest BCUT2D eigenvalue weighted by molar-refractivity contribution is 7.99. The zero-order chi connectivity index (χ0) is 12.1. The van der Waals surface area contributed by atoms with Crippen LogP contribution in [0.1, 0.15) is 31.7 Å². The Morgan fingerprint density at radius 3 is 2.82 bits per heavy atom. The summed E-state index contributed by atoms with van der Waals surface area (Å²) in [6.45, 7) is 3.31. The minimum Gasteiger partial charge on any atom is -0.299 e. The molecule has 0 amide bonds. The van der Waals surface area contributed by atoms with Gasteiger partial charge in [-0.1, -0.05) is 6.92 Å². The number of pyridine rings is 1. The quantitative estimate of drug-likeness (QED) is 0.798. The first-order chi connectivity index (χ1) is 8.29. The van der Waals surface area contributed by atoms with Crippen LogP contribution in [-0.2, 0) is 6.54 Å². The molecule has 0 radical (unpaired) electrons. The van der Waals surface area contributed by atoms with Gasteiger partial charge in [0.25, 0.3) is 0 Å². The summed E-state index contributed by atoms with van der Waals surface area (Å²) in [5.41, 5.74) is 1.37. The van der Waals surface area contributed by atoms with Gasteiger partial charge in [-0.15, -0.1) is 0 Å². The average Bonchev–Trinajstić information content (AvgIpc) is 2.79. The van der Waals surface area contributed by atoms with E-state index in [0.29, 0.717) is 0 Å². The maximum absolute atomic E-state index is 4.06. The topological polar surface area (TPSA) is 16.1 Å². The molecule has 1 fully saturated rings. The zero-order valence-electron chi connectivity index (χ0n) is 10.8. The fourth-order valence-corrected chi connectivity index (χ4v) is 3.74. The Kier molecular flexibility index (Phi) is 4.86. The fourth-order valence-electron chi connectivity index (χ4n) is 2.61. The molecule has 1 aliphatic rings. The Morgan fingerprint density at radius 2 is 2.12 bits per heavy atom. The highest BCUT2D eigenvalue weighted by Crippen LogP contribution is 2.32. The van der Waals surface area contributed by atoms with E-state index in [1.807, 2.05) is 12.4 Å². The minimum absolute atomic E-state index is 0.771. The molecular formula is C14H22N2S. The molecule has 2 rings (SSSR count). The first-order valence-electron chi connectivity index (χ1n) is 6.50. The molecule has 94 valence electrons. The van der Waals surface area contributed by atoms with Crippen molar-refractivity contribution in [3.05, 3.63) is 30.1 Å². The minimum atomic E-state index is 0.771. The third-order valence-electron chi connectivity index (χ3n) is 3.56.